The zero-order valence-corrected chi connectivity index (χ0v) is 88.4. The average molecular weight is 3420 g/mol. The van der Waals surface area contributed by atoms with Crippen molar-refractivity contribution < 1.29 is 425 Å². The molecule has 0 saturated carbocycles. The summed E-state index contributed by atoms with van der Waals surface area (Å²) in [5.41, 5.74) is 7.32. The van der Waals surface area contributed by atoms with Gasteiger partial charge < -0.3 is 175 Å². The monoisotopic (exact) mass is 3430 g/mol. The number of rotatable bonds is 4. The van der Waals surface area contributed by atoms with E-state index >= 15 is 0 Å². The first-order chi connectivity index (χ1) is 32.4. The van der Waals surface area contributed by atoms with Crippen molar-refractivity contribution in [3.05, 3.63) is 195 Å². The van der Waals surface area contributed by atoms with E-state index < -0.39 is 0 Å². The second-order valence-electron chi connectivity index (χ2n) is 11.1. The molecule has 8 aromatic rings. The molecule has 110 heavy (non-hydrogen) atoms. The Balaban J connectivity index is -0.00000000935. The van der Waals surface area contributed by atoms with Gasteiger partial charge in [-0.05, 0) is 97.1 Å². The van der Waals surface area contributed by atoms with Gasteiger partial charge in [0.2, 0.25) is 0 Å². The molecule has 0 spiro atoms. The molecule has 0 amide bonds. The molecule has 0 saturated heterocycles. The molecule has 8 aromatic heterocycles. The first kappa shape index (κ1) is 323. The molecule has 654 valence electrons. The Kier molecular flexibility index (Phi) is 765. The Labute approximate surface area is 805 Å². The third-order valence-corrected chi connectivity index (χ3v) is 6.37. The Hall–Kier alpha value is -3.01. The van der Waals surface area contributed by atoms with Gasteiger partial charge in [-0.15, -0.1) is 0 Å². The van der Waals surface area contributed by atoms with Crippen molar-refractivity contribution in [2.75, 3.05) is 0 Å². The molecule has 0 N–H and O–H groups in total. The fourth-order valence-corrected chi connectivity index (χ4v) is 4.11. The second kappa shape index (κ2) is 260. The quantitative estimate of drug-likeness (QED) is 0.151. The van der Waals surface area contributed by atoms with Gasteiger partial charge in [0.1, 0.15) is 0 Å². The number of hydrogen-bond acceptors (Lipinski definition) is 14. The van der Waals surface area contributed by atoms with E-state index in [0.717, 1.165) is 45.6 Å². The maximum absolute atomic E-state index is 7.32. The van der Waals surface area contributed by atoms with Crippen molar-refractivity contribution in [2.45, 2.75) is 41.5 Å². The van der Waals surface area contributed by atoms with Crippen LogP contribution in [0.1, 0.15) is 41.5 Å². The molecule has 8 rings (SSSR count). The van der Waals surface area contributed by atoms with E-state index in [1.807, 2.05) is 146 Å². The fraction of sp³-hybridized carbons (Fsp3) is 0.115. The molecule has 0 aliphatic heterocycles. The van der Waals surface area contributed by atoms with Crippen LogP contribution in [0.5, 0.6) is 0 Å². The van der Waals surface area contributed by atoms with Gasteiger partial charge in [0.25, 0.3) is 0 Å². The number of nitriles is 6. The zero-order chi connectivity index (χ0) is 49.1. The van der Waals surface area contributed by atoms with Crippen LogP contribution in [0.25, 0.3) is 45.6 Å². The molecule has 0 aromatic carbocycles. The third kappa shape index (κ3) is 192. The van der Waals surface area contributed by atoms with Gasteiger partial charge in [-0.3, -0.25) is 39.9 Å². The van der Waals surface area contributed by atoms with Crippen molar-refractivity contribution in [1.82, 2.24) is 39.9 Å². The summed E-state index contributed by atoms with van der Waals surface area (Å²) in [7, 11) is 0. The van der Waals surface area contributed by atoms with Gasteiger partial charge in [0.15, 0.2) is 0 Å². The zero-order valence-electron chi connectivity index (χ0n) is 55.6. The Morgan fingerprint density at radius 2 is 0.209 bits per heavy atom. The van der Waals surface area contributed by atoms with Crippen molar-refractivity contribution in [3.63, 3.8) is 0 Å². The number of aromatic nitrogens is 8. The molecule has 46 nitrogen and oxygen atoms in total. The normalized spacial score (nSPS) is 4.65. The standard InChI is InChI=1S/4C10H8N2.6C2H3N.32O.2Ru.10W/c4*1-3-7-11-9(5-1)10-6-2-4-8-12-10;6*1-2-3;;;;;;;;;;;;;;;;;;;;;;;;;;;;;;;;;;;;;;;;;;;;/h4*1-8H;6*1H3;;;;;;;;;;;;;;;;;;;;;;;;;;;;;;;;;;;;;;;;;;;;/q;;;;;;;;;;32*-2;2*+3;;;;;;;;;;. The molecular formula is C52H50N14O32Ru2W10-58. The maximum Gasteiger partial charge on any atom is 3.00 e. The van der Waals surface area contributed by atoms with E-state index in [1.165, 1.54) is 41.5 Å². The molecule has 0 aliphatic rings. The van der Waals surface area contributed by atoms with Crippen molar-refractivity contribution in [1.29, 1.82) is 31.6 Å². The van der Waals surface area contributed by atoms with Crippen LogP contribution in [-0.2, 0) is 425 Å². The summed E-state index contributed by atoms with van der Waals surface area (Å²) >= 11 is 0. The van der Waals surface area contributed by atoms with Crippen LogP contribution in [-0.4, -0.2) is 39.9 Å². The fourth-order valence-electron chi connectivity index (χ4n) is 4.11. The molecule has 58 heteroatoms. The summed E-state index contributed by atoms with van der Waals surface area (Å²) in [5, 5.41) is 43.9. The minimum atomic E-state index is 0. The molecular weight excluding hydrogens is 3370 g/mol. The van der Waals surface area contributed by atoms with Crippen LogP contribution in [0.3, 0.4) is 0 Å². The first-order valence-corrected chi connectivity index (χ1v) is 19.5. The van der Waals surface area contributed by atoms with E-state index in [4.69, 9.17) is 31.6 Å². The average Bonchev–Trinajstić information content (AvgIpc) is 3.38. The van der Waals surface area contributed by atoms with Gasteiger partial charge >= 0.3 is 39.0 Å². The number of pyridine rings is 8. The Morgan fingerprint density at radius 1 is 0.155 bits per heavy atom. The van der Waals surface area contributed by atoms with Crippen LogP contribution in [0.2, 0.25) is 0 Å². The van der Waals surface area contributed by atoms with Crippen LogP contribution >= 0.6 is 0 Å². The van der Waals surface area contributed by atoms with E-state index in [9.17, 15) is 0 Å². The van der Waals surface area contributed by atoms with Gasteiger partial charge in [0.05, 0.1) is 82.0 Å². The van der Waals surface area contributed by atoms with Gasteiger partial charge in [0, 0.05) is 302 Å². The van der Waals surface area contributed by atoms with Crippen LogP contribution in [0.4, 0.5) is 0 Å². The van der Waals surface area contributed by atoms with Gasteiger partial charge in [-0.1, -0.05) is 48.5 Å². The molecule has 2 radical (unpaired) electrons. The number of nitrogens with zero attached hydrogens (tertiary/aromatic N) is 14. The smallest absolute Gasteiger partial charge is 2.00 e. The summed E-state index contributed by atoms with van der Waals surface area (Å²) in [6.45, 7) is 8.58. The van der Waals surface area contributed by atoms with E-state index in [0.29, 0.717) is 0 Å². The topological polar surface area (TPSA) is 1160 Å². The molecule has 0 aliphatic carbocycles. The van der Waals surface area contributed by atoms with Crippen molar-refractivity contribution in [2.24, 2.45) is 0 Å². The van der Waals surface area contributed by atoms with E-state index in [-0.39, 0.29) is 425 Å². The third-order valence-electron chi connectivity index (χ3n) is 6.37. The summed E-state index contributed by atoms with van der Waals surface area (Å²) in [5.74, 6) is 0. The SMILES string of the molecule is CC#N.CC#N.CC#N.CC#N.CC#N.CC#N.[O-2].[O-2].[O-2].[O-2].[O-2].[O-2].[O-2].[O-2].[O-2].[O-2].[O-2].[O-2].[O-2].[O-2].[O-2].[O-2].[O-2].[O-2].[O-2].[O-2].[O-2].[O-2].[O-2].[O-2].[O-2].[O-2].[O-2].[O-2].[O-2].[O-2].[O-2].[O-2].[Ru+3].[Ru+3].[W].[W].[W].[W].[W].[W].[W].[W].[W].[W].c1ccc(-c2ccccn2)nc1.c1ccc(-c2ccccn2)nc1.c1ccc(-c2ccccn2)nc1.c1ccc(-c2ccccn2)nc1. The maximum atomic E-state index is 7.32. The first-order valence-electron chi connectivity index (χ1n) is 19.5. The summed E-state index contributed by atoms with van der Waals surface area (Å²) in [4.78, 5) is 33.5. The number of hydrogen-bond donors (Lipinski definition) is 0. The summed E-state index contributed by atoms with van der Waals surface area (Å²) in [6.07, 6.45) is 14.1. The van der Waals surface area contributed by atoms with Crippen LogP contribution < -0.4 is 0 Å². The van der Waals surface area contributed by atoms with Crippen LogP contribution in [0, 0.1) is 68.0 Å². The van der Waals surface area contributed by atoms with Gasteiger partial charge in [-0.2, -0.15) is 31.6 Å². The molecule has 0 unspecified atom stereocenters. The largest absolute Gasteiger partial charge is 3.00 e. The molecule has 0 atom stereocenters. The van der Waals surface area contributed by atoms with E-state index in [1.54, 1.807) is 86.0 Å². The molecule has 0 bridgehead atoms. The van der Waals surface area contributed by atoms with Crippen molar-refractivity contribution >= 4 is 0 Å². The predicted octanol–water partition coefficient (Wildman–Crippen LogP) is 7.92. The summed E-state index contributed by atoms with van der Waals surface area (Å²) in [6, 6.07) is 56.9. The minimum absolute atomic E-state index is 0. The second-order valence-corrected chi connectivity index (χ2v) is 11.1. The molecule has 8 heterocycles. The Morgan fingerprint density at radius 3 is 0.245 bits per heavy atom. The molecule has 0 fully saturated rings. The summed E-state index contributed by atoms with van der Waals surface area (Å²) < 4.78 is 0. The predicted molar refractivity (Wildman–Crippen MR) is 280 cm³/mol. The van der Waals surface area contributed by atoms with Crippen LogP contribution in [0.15, 0.2) is 195 Å². The van der Waals surface area contributed by atoms with Gasteiger partial charge in [-0.25, -0.2) is 0 Å². The van der Waals surface area contributed by atoms with Crippen molar-refractivity contribution in [3.8, 4) is 82.0 Å². The van der Waals surface area contributed by atoms with E-state index in [2.05, 4.69) is 39.9 Å². The Bertz CT molecular complexity index is 2180. The minimum Gasteiger partial charge on any atom is -2.00 e.